The van der Waals surface area contributed by atoms with Gasteiger partial charge in [0.1, 0.15) is 104 Å². The number of aliphatic carboxylic acids is 2. The molecule has 0 aromatic carbocycles. The van der Waals surface area contributed by atoms with E-state index in [0.29, 0.717) is 32.1 Å². The lowest BCUT2D eigenvalue weighted by Gasteiger charge is -2.52. The Morgan fingerprint density at radius 1 is 0.689 bits per heavy atom. The van der Waals surface area contributed by atoms with Crippen LogP contribution in [0.2, 0.25) is 0 Å². The molecule has 0 spiro atoms. The highest BCUT2D eigenvalue weighted by Gasteiger charge is 2.61. The van der Waals surface area contributed by atoms with Crippen molar-refractivity contribution in [1.82, 2.24) is 5.32 Å². The van der Waals surface area contributed by atoms with E-state index in [1.807, 2.05) is 0 Å². The van der Waals surface area contributed by atoms with E-state index in [1.165, 1.54) is 14.0 Å². The van der Waals surface area contributed by atoms with Gasteiger partial charge in [-0.25, -0.2) is 9.59 Å². The van der Waals surface area contributed by atoms with E-state index in [1.54, 1.807) is 0 Å². The lowest BCUT2D eigenvalue weighted by molar-refractivity contribution is -0.391. The number of carboxylic acid groups (broad SMARTS) is 2. The number of ether oxygens (including phenoxy) is 10. The lowest BCUT2D eigenvalue weighted by Crippen LogP contribution is -2.73. The Morgan fingerprint density at radius 3 is 1.89 bits per heavy atom. The number of carboxylic acids is 2. The molecule has 0 unspecified atom stereocenters. The highest BCUT2D eigenvalue weighted by Crippen LogP contribution is 2.39. The van der Waals surface area contributed by atoms with Crippen LogP contribution in [0.4, 0.5) is 0 Å². The molecule has 0 bridgehead atoms. The summed E-state index contributed by atoms with van der Waals surface area (Å²) in [6.45, 7) is -2.05. The van der Waals surface area contributed by atoms with Crippen LogP contribution in [0.25, 0.3) is 0 Å². The predicted molar refractivity (Wildman–Crippen MR) is 235 cm³/mol. The number of aliphatic hydroxyl groups excluding tert-OH is 14. The first-order valence-corrected chi connectivity index (χ1v) is 24.2. The smallest absolute Gasteiger partial charge is 0.364 e. The van der Waals surface area contributed by atoms with Crippen LogP contribution in [0.5, 0.6) is 0 Å². The van der Waals surface area contributed by atoms with Crippen molar-refractivity contribution in [2.45, 2.75) is 217 Å². The van der Waals surface area contributed by atoms with Crippen LogP contribution >= 0.6 is 0 Å². The number of methoxy groups -OCH3 is 1. The van der Waals surface area contributed by atoms with Gasteiger partial charge in [-0.1, -0.05) is 25.7 Å². The molecule has 0 radical (unpaired) electrons. The standard InChI is InChI=1S/C43H74N2O29/c1-15-23(52)26(55)30(59)40(67-15)71-32-19(14-48)69-39(66-10-8-6-4-3-5-7-9-20(51)65-2)22(45-37-29(58)27(56)28(57)36(70-37)38(61)62)34(32)72-41-31(60)35(25(54)18(13-47)68-41)74-43(42(63)64)11-16(49)21(44)33(73-43)24(53)17(50)12-46/h15-19,21-37,39-41,45-50,52-60H,3-14,44H2,1-2H3,(H,61,62)(H,63,64)/t15-,16-,17+,18+,19+,21+,22+,23+,24+,25-,26+,27+,28-,29-,30-,31+,32+,33+,34+,35-,36+,37+,39+,40-,41-,43-/m0/s1. The Hall–Kier alpha value is -2.59. The van der Waals surface area contributed by atoms with Crippen LogP contribution in [0, 0.1) is 0 Å². The fraction of sp³-hybridized carbons (Fsp3) is 0.930. The zero-order valence-corrected chi connectivity index (χ0v) is 40.5. The summed E-state index contributed by atoms with van der Waals surface area (Å²) in [7, 11) is 1.28. The second-order valence-electron chi connectivity index (χ2n) is 18.9. The van der Waals surface area contributed by atoms with E-state index in [-0.39, 0.29) is 19.0 Å². The third-order valence-electron chi connectivity index (χ3n) is 13.7. The van der Waals surface area contributed by atoms with Crippen LogP contribution < -0.4 is 11.1 Å². The van der Waals surface area contributed by atoms with Crippen molar-refractivity contribution in [3.63, 3.8) is 0 Å². The van der Waals surface area contributed by atoms with Crippen LogP contribution in [0.1, 0.15) is 58.3 Å². The molecule has 5 rings (SSSR count). The maximum Gasteiger partial charge on any atom is 0.364 e. The van der Waals surface area contributed by atoms with Crippen molar-refractivity contribution >= 4 is 17.9 Å². The number of hydrogen-bond donors (Lipinski definition) is 18. The zero-order valence-electron chi connectivity index (χ0n) is 40.5. The van der Waals surface area contributed by atoms with Crippen molar-refractivity contribution in [2.24, 2.45) is 5.73 Å². The number of esters is 1. The minimum absolute atomic E-state index is 0.143. The highest BCUT2D eigenvalue weighted by atomic mass is 16.8. The number of rotatable bonds is 25. The average molecular weight is 1080 g/mol. The van der Waals surface area contributed by atoms with E-state index in [4.69, 9.17) is 48.4 Å². The van der Waals surface area contributed by atoms with Gasteiger partial charge in [0.05, 0.1) is 51.2 Å². The van der Waals surface area contributed by atoms with E-state index in [0.717, 1.165) is 6.42 Å². The van der Waals surface area contributed by atoms with Crippen molar-refractivity contribution in [2.75, 3.05) is 33.5 Å². The van der Waals surface area contributed by atoms with Crippen LogP contribution in [0.15, 0.2) is 0 Å². The third-order valence-corrected chi connectivity index (χ3v) is 13.7. The van der Waals surface area contributed by atoms with E-state index in [9.17, 15) is 96.1 Å². The summed E-state index contributed by atoms with van der Waals surface area (Å²) in [5, 5.41) is 174. The molecule has 5 fully saturated rings. The summed E-state index contributed by atoms with van der Waals surface area (Å²) >= 11 is 0. The summed E-state index contributed by atoms with van der Waals surface area (Å²) < 4.78 is 57.9. The maximum absolute atomic E-state index is 13.1. The minimum Gasteiger partial charge on any atom is -0.479 e. The summed E-state index contributed by atoms with van der Waals surface area (Å²) in [6, 6.07) is -3.41. The number of carbonyl (C=O) groups excluding carboxylic acids is 1. The molecular weight excluding hydrogens is 1010 g/mol. The topological polar surface area (TPSA) is 505 Å². The Balaban J connectivity index is 1.55. The Morgan fingerprint density at radius 2 is 1.28 bits per heavy atom. The fourth-order valence-electron chi connectivity index (χ4n) is 9.31. The molecule has 0 aromatic heterocycles. The minimum atomic E-state index is -3.15. The molecule has 31 heteroatoms. The van der Waals surface area contributed by atoms with Gasteiger partial charge in [0.2, 0.25) is 0 Å². The molecule has 0 saturated carbocycles. The van der Waals surface area contributed by atoms with E-state index < -0.39 is 197 Å². The van der Waals surface area contributed by atoms with Gasteiger partial charge in [0.15, 0.2) is 25.0 Å². The largest absolute Gasteiger partial charge is 0.479 e. The quantitative estimate of drug-likeness (QED) is 0.0298. The SMILES string of the molecule is COC(=O)CCCCCCCCO[C@@H]1O[C@H](CO)[C@@H](O[C@@H]2O[C@@H](C)[C@@H](O)[C@@H](O)[C@@H]2O)[C@H](O[C@@H]2O[C@H](CO)[C@H](O)[C@H](O[C@]3(C(=O)O)C[C@H](O)[C@@H](N)[C@H]([C@H](O)[C@H](O)CO)O3)[C@H]2O)[C@H]1N[C@@H]1O[C@@H](C(=O)O)[C@@H](O)[C@@H](O)[C@@H]1O. The number of unbranched alkanes of at least 4 members (excludes halogenated alkanes) is 5. The predicted octanol–water partition coefficient (Wildman–Crippen LogP) is -9.13. The van der Waals surface area contributed by atoms with Crippen LogP contribution in [-0.4, -0.2) is 292 Å². The second-order valence-corrected chi connectivity index (χ2v) is 18.9. The molecule has 5 aliphatic heterocycles. The van der Waals surface area contributed by atoms with Crippen molar-refractivity contribution < 1.29 is 143 Å². The summed E-state index contributed by atoms with van der Waals surface area (Å²) in [4.78, 5) is 36.8. The lowest BCUT2D eigenvalue weighted by atomic mass is 9.88. The molecule has 0 aliphatic carbocycles. The number of nitrogens with two attached hydrogens (primary N) is 1. The molecule has 430 valence electrons. The Kier molecular flexibility index (Phi) is 23.4. The summed E-state index contributed by atoms with van der Waals surface area (Å²) in [6.07, 6.45) is -43.2. The molecule has 5 aliphatic rings. The van der Waals surface area contributed by atoms with Gasteiger partial charge in [-0.05, 0) is 19.8 Å². The monoisotopic (exact) mass is 1080 g/mol. The molecule has 26 atom stereocenters. The molecule has 0 aromatic rings. The van der Waals surface area contributed by atoms with Gasteiger partial charge in [-0.2, -0.15) is 0 Å². The molecule has 5 heterocycles. The molecule has 0 amide bonds. The first-order chi connectivity index (χ1) is 35.0. The normalized spacial score (nSPS) is 43.8. The molecule has 5 saturated heterocycles. The molecule has 74 heavy (non-hydrogen) atoms. The number of aliphatic hydroxyl groups is 14. The van der Waals surface area contributed by atoms with E-state index >= 15 is 0 Å². The van der Waals surface area contributed by atoms with Gasteiger partial charge in [0, 0.05) is 19.4 Å². The number of carbonyl (C=O) groups is 3. The van der Waals surface area contributed by atoms with Crippen LogP contribution in [-0.2, 0) is 61.8 Å². The highest BCUT2D eigenvalue weighted by molar-refractivity contribution is 5.76. The second kappa shape index (κ2) is 27.8. The van der Waals surface area contributed by atoms with Crippen molar-refractivity contribution in [1.29, 1.82) is 0 Å². The average Bonchev–Trinajstić information content (AvgIpc) is 3.37. The van der Waals surface area contributed by atoms with Crippen LogP contribution in [0.3, 0.4) is 0 Å². The molecular formula is C43H74N2O29. The van der Waals surface area contributed by atoms with Gasteiger partial charge >= 0.3 is 17.9 Å². The number of hydrogen-bond acceptors (Lipinski definition) is 29. The molecule has 31 nitrogen and oxygen atoms in total. The maximum atomic E-state index is 13.1. The van der Waals surface area contributed by atoms with Gasteiger partial charge in [0.25, 0.3) is 5.79 Å². The number of nitrogens with one attached hydrogen (secondary N) is 1. The zero-order chi connectivity index (χ0) is 54.9. The first kappa shape index (κ1) is 62.3. The molecule has 19 N–H and O–H groups in total. The Labute approximate surface area is 422 Å². The first-order valence-electron chi connectivity index (χ1n) is 24.2. The summed E-state index contributed by atoms with van der Waals surface area (Å²) in [5.74, 6) is -7.34. The Bertz CT molecular complexity index is 1760. The van der Waals surface area contributed by atoms with Crippen molar-refractivity contribution in [3.8, 4) is 0 Å². The summed E-state index contributed by atoms with van der Waals surface area (Å²) in [5.41, 5.74) is 6.00. The van der Waals surface area contributed by atoms with Gasteiger partial charge in [-0.15, -0.1) is 0 Å². The van der Waals surface area contributed by atoms with E-state index in [2.05, 4.69) is 10.1 Å². The van der Waals surface area contributed by atoms with Gasteiger partial charge in [-0.3, -0.25) is 10.1 Å². The van der Waals surface area contributed by atoms with Gasteiger partial charge < -0.3 is 135 Å². The van der Waals surface area contributed by atoms with Crippen molar-refractivity contribution in [3.05, 3.63) is 0 Å². The fourth-order valence-corrected chi connectivity index (χ4v) is 9.31. The third kappa shape index (κ3) is 14.4.